The Balaban J connectivity index is 2.47. The van der Waals surface area contributed by atoms with E-state index in [9.17, 15) is 14.3 Å². The molecule has 1 aromatic heterocycles. The second-order valence-electron chi connectivity index (χ2n) is 4.60. The van der Waals surface area contributed by atoms with E-state index in [2.05, 4.69) is 10.2 Å². The highest BCUT2D eigenvalue weighted by atomic mass is 19.1. The Hall–Kier alpha value is -2.24. The quantitative estimate of drug-likeness (QED) is 0.919. The summed E-state index contributed by atoms with van der Waals surface area (Å²) < 4.78 is 14.4. The van der Waals surface area contributed by atoms with Crippen molar-refractivity contribution in [3.05, 3.63) is 36.4 Å². The Morgan fingerprint density at radius 2 is 1.95 bits per heavy atom. The van der Waals surface area contributed by atoms with E-state index in [0.717, 1.165) is 0 Å². The number of aromatic nitrogens is 3. The molecule has 1 aromatic carbocycles. The number of benzene rings is 1. The highest BCUT2D eigenvalue weighted by molar-refractivity contribution is 5.73. The number of halogens is 1. The van der Waals surface area contributed by atoms with Gasteiger partial charge in [-0.3, -0.25) is 4.57 Å². The molecule has 0 aliphatic rings. The number of carbonyl (C=O) groups is 1. The zero-order valence-electron chi connectivity index (χ0n) is 10.6. The summed E-state index contributed by atoms with van der Waals surface area (Å²) in [7, 11) is 0. The highest BCUT2D eigenvalue weighted by Crippen LogP contribution is 2.25. The Bertz CT molecular complexity index is 578. The van der Waals surface area contributed by atoms with E-state index in [1.807, 2.05) is 13.8 Å². The lowest BCUT2D eigenvalue weighted by Crippen LogP contribution is -2.24. The molecule has 5 nitrogen and oxygen atoms in total. The van der Waals surface area contributed by atoms with Crippen LogP contribution in [0.3, 0.4) is 0 Å². The molecule has 1 atom stereocenters. The lowest BCUT2D eigenvalue weighted by molar-refractivity contribution is -0.142. The minimum atomic E-state index is -0.946. The van der Waals surface area contributed by atoms with Crippen molar-refractivity contribution in [3.63, 3.8) is 0 Å². The summed E-state index contributed by atoms with van der Waals surface area (Å²) in [6.07, 6.45) is 1.39. The summed E-state index contributed by atoms with van der Waals surface area (Å²) in [6.45, 7) is 3.63. The molecule has 0 amide bonds. The van der Waals surface area contributed by atoms with Gasteiger partial charge in [-0.2, -0.15) is 0 Å². The van der Waals surface area contributed by atoms with Crippen LogP contribution in [0.4, 0.5) is 4.39 Å². The fraction of sp³-hybridized carbons (Fsp3) is 0.308. The summed E-state index contributed by atoms with van der Waals surface area (Å²) in [5.41, 5.74) is 0.630. The SMILES string of the molecule is CC(C)C(C(=O)O)n1cnnc1-c1ccc(F)cc1. The monoisotopic (exact) mass is 263 g/mol. The van der Waals surface area contributed by atoms with Crippen molar-refractivity contribution in [1.82, 2.24) is 14.8 Å². The maximum absolute atomic E-state index is 12.9. The number of carboxylic acids is 1. The van der Waals surface area contributed by atoms with E-state index < -0.39 is 12.0 Å². The molecule has 6 heteroatoms. The molecule has 19 heavy (non-hydrogen) atoms. The third-order valence-electron chi connectivity index (χ3n) is 2.86. The summed E-state index contributed by atoms with van der Waals surface area (Å²) in [5.74, 6) is -1.000. The summed E-state index contributed by atoms with van der Waals surface area (Å²) in [4.78, 5) is 11.3. The molecule has 100 valence electrons. The minimum Gasteiger partial charge on any atom is -0.480 e. The van der Waals surface area contributed by atoms with Crippen LogP contribution >= 0.6 is 0 Å². The van der Waals surface area contributed by atoms with Crippen molar-refractivity contribution >= 4 is 5.97 Å². The van der Waals surface area contributed by atoms with Crippen LogP contribution in [0.2, 0.25) is 0 Å². The van der Waals surface area contributed by atoms with Crippen molar-refractivity contribution < 1.29 is 14.3 Å². The van der Waals surface area contributed by atoms with Gasteiger partial charge in [0.05, 0.1) is 0 Å². The molecule has 0 aliphatic carbocycles. The van der Waals surface area contributed by atoms with Gasteiger partial charge in [0.2, 0.25) is 0 Å². The topological polar surface area (TPSA) is 68.0 Å². The average molecular weight is 263 g/mol. The lowest BCUT2D eigenvalue weighted by atomic mass is 10.0. The van der Waals surface area contributed by atoms with Gasteiger partial charge in [-0.15, -0.1) is 10.2 Å². The number of hydrogen-bond acceptors (Lipinski definition) is 3. The normalized spacial score (nSPS) is 12.6. The first kappa shape index (κ1) is 13.2. The Labute approximate surface area is 109 Å². The zero-order chi connectivity index (χ0) is 14.0. The van der Waals surface area contributed by atoms with Crippen molar-refractivity contribution in [2.45, 2.75) is 19.9 Å². The smallest absolute Gasteiger partial charge is 0.327 e. The van der Waals surface area contributed by atoms with Gasteiger partial charge in [-0.25, -0.2) is 9.18 Å². The van der Waals surface area contributed by atoms with Crippen LogP contribution in [-0.4, -0.2) is 25.8 Å². The molecule has 2 aromatic rings. The molecule has 0 saturated carbocycles. The Morgan fingerprint density at radius 1 is 1.32 bits per heavy atom. The Morgan fingerprint density at radius 3 is 2.47 bits per heavy atom. The second-order valence-corrected chi connectivity index (χ2v) is 4.60. The standard InChI is InChI=1S/C13H14FN3O2/c1-8(2)11(13(18)19)17-7-15-16-12(17)9-3-5-10(14)6-4-9/h3-8,11H,1-2H3,(H,18,19). The van der Waals surface area contributed by atoms with E-state index >= 15 is 0 Å². The van der Waals surface area contributed by atoms with E-state index in [1.54, 1.807) is 12.1 Å². The number of carboxylic acid groups (broad SMARTS) is 1. The van der Waals surface area contributed by atoms with Crippen molar-refractivity contribution in [1.29, 1.82) is 0 Å². The van der Waals surface area contributed by atoms with Gasteiger partial charge in [-0.1, -0.05) is 13.8 Å². The molecule has 0 saturated heterocycles. The van der Waals surface area contributed by atoms with Crippen LogP contribution in [0.5, 0.6) is 0 Å². The van der Waals surface area contributed by atoms with Crippen LogP contribution in [0.25, 0.3) is 11.4 Å². The number of nitrogens with zero attached hydrogens (tertiary/aromatic N) is 3. The minimum absolute atomic E-state index is 0.118. The average Bonchev–Trinajstić information content (AvgIpc) is 2.78. The fourth-order valence-corrected chi connectivity index (χ4v) is 1.98. The summed E-state index contributed by atoms with van der Waals surface area (Å²) in [5, 5.41) is 17.0. The third kappa shape index (κ3) is 2.62. The summed E-state index contributed by atoms with van der Waals surface area (Å²) in [6, 6.07) is 4.96. The summed E-state index contributed by atoms with van der Waals surface area (Å²) >= 11 is 0. The molecule has 0 radical (unpaired) electrons. The first-order valence-electron chi connectivity index (χ1n) is 5.89. The fourth-order valence-electron chi connectivity index (χ4n) is 1.98. The molecule has 1 heterocycles. The van der Waals surface area contributed by atoms with Crippen LogP contribution in [-0.2, 0) is 4.79 Å². The van der Waals surface area contributed by atoms with Gasteiger partial charge in [0, 0.05) is 5.56 Å². The van der Waals surface area contributed by atoms with Crippen molar-refractivity contribution in [2.75, 3.05) is 0 Å². The van der Waals surface area contributed by atoms with Gasteiger partial charge in [0.15, 0.2) is 5.82 Å². The van der Waals surface area contributed by atoms with Crippen LogP contribution in [0.1, 0.15) is 19.9 Å². The van der Waals surface area contributed by atoms with E-state index in [1.165, 1.54) is 23.0 Å². The van der Waals surface area contributed by atoms with E-state index in [-0.39, 0.29) is 11.7 Å². The number of aliphatic carboxylic acids is 1. The number of rotatable bonds is 4. The lowest BCUT2D eigenvalue weighted by Gasteiger charge is -2.19. The molecule has 0 fully saturated rings. The predicted molar refractivity (Wildman–Crippen MR) is 66.9 cm³/mol. The predicted octanol–water partition coefficient (Wildman–Crippen LogP) is 2.37. The molecular formula is C13H14FN3O2. The molecule has 1 N–H and O–H groups in total. The van der Waals surface area contributed by atoms with Gasteiger partial charge in [0.1, 0.15) is 18.2 Å². The van der Waals surface area contributed by atoms with Crippen LogP contribution in [0, 0.1) is 11.7 Å². The van der Waals surface area contributed by atoms with Gasteiger partial charge in [-0.05, 0) is 30.2 Å². The Kier molecular flexibility index (Phi) is 3.59. The molecule has 0 aliphatic heterocycles. The van der Waals surface area contributed by atoms with E-state index in [4.69, 9.17) is 0 Å². The zero-order valence-corrected chi connectivity index (χ0v) is 10.6. The van der Waals surface area contributed by atoms with Gasteiger partial charge < -0.3 is 5.11 Å². The third-order valence-corrected chi connectivity index (χ3v) is 2.86. The molecule has 2 rings (SSSR count). The van der Waals surface area contributed by atoms with E-state index in [0.29, 0.717) is 11.4 Å². The van der Waals surface area contributed by atoms with Crippen molar-refractivity contribution in [3.8, 4) is 11.4 Å². The van der Waals surface area contributed by atoms with Crippen LogP contribution < -0.4 is 0 Å². The maximum Gasteiger partial charge on any atom is 0.327 e. The second kappa shape index (κ2) is 5.17. The molecule has 0 spiro atoms. The maximum atomic E-state index is 12.9. The largest absolute Gasteiger partial charge is 0.480 e. The number of hydrogen-bond donors (Lipinski definition) is 1. The first-order valence-corrected chi connectivity index (χ1v) is 5.89. The van der Waals surface area contributed by atoms with Crippen LogP contribution in [0.15, 0.2) is 30.6 Å². The molecular weight excluding hydrogens is 249 g/mol. The molecule has 0 bridgehead atoms. The molecule has 1 unspecified atom stereocenters. The van der Waals surface area contributed by atoms with Gasteiger partial charge in [0.25, 0.3) is 0 Å². The van der Waals surface area contributed by atoms with Gasteiger partial charge >= 0.3 is 5.97 Å². The first-order chi connectivity index (χ1) is 9.00. The highest BCUT2D eigenvalue weighted by Gasteiger charge is 2.26. The van der Waals surface area contributed by atoms with Crippen molar-refractivity contribution in [2.24, 2.45) is 5.92 Å².